The molecule has 0 bridgehead atoms. The van der Waals surface area contributed by atoms with E-state index >= 15 is 0 Å². The lowest BCUT2D eigenvalue weighted by Crippen LogP contribution is -2.34. The summed E-state index contributed by atoms with van der Waals surface area (Å²) >= 11 is 0. The molecule has 0 atom stereocenters. The maximum absolute atomic E-state index is 11.9. The number of carboxylic acids is 1. The van der Waals surface area contributed by atoms with Crippen molar-refractivity contribution in [1.82, 2.24) is 5.32 Å². The van der Waals surface area contributed by atoms with E-state index in [1.165, 1.54) is 0 Å². The third kappa shape index (κ3) is 6.58. The molecule has 1 aromatic carbocycles. The molecule has 0 aliphatic heterocycles. The molecule has 1 aromatic rings. The van der Waals surface area contributed by atoms with Crippen LogP contribution in [0.15, 0.2) is 24.3 Å². The number of aryl methyl sites for hydroxylation is 1. The summed E-state index contributed by atoms with van der Waals surface area (Å²) < 4.78 is 5.16. The number of carboxylic acid groups (broad SMARTS) is 1. The number of anilines is 1. The van der Waals surface area contributed by atoms with Gasteiger partial charge in [-0.25, -0.2) is 9.59 Å². The summed E-state index contributed by atoms with van der Waals surface area (Å²) in [5.74, 6) is -0.0155. The number of nitrogens with one attached hydrogen (secondary N) is 2. The Morgan fingerprint density at radius 3 is 2.58 bits per heavy atom. The summed E-state index contributed by atoms with van der Waals surface area (Å²) in [6, 6.07) is 7.53. The van der Waals surface area contributed by atoms with Gasteiger partial charge in [-0.3, -0.25) is 0 Å². The molecule has 0 spiro atoms. The SMILES string of the molecule is Cc1cccc(NC(=O)NCC2CCC(COCC(=O)O)CC2)c1. The van der Waals surface area contributed by atoms with E-state index in [4.69, 9.17) is 9.84 Å². The predicted molar refractivity (Wildman–Crippen MR) is 92.1 cm³/mol. The minimum atomic E-state index is -0.924. The van der Waals surface area contributed by atoms with Crippen LogP contribution in [-0.2, 0) is 9.53 Å². The van der Waals surface area contributed by atoms with Gasteiger partial charge in [-0.15, -0.1) is 0 Å². The highest BCUT2D eigenvalue weighted by Gasteiger charge is 2.21. The quantitative estimate of drug-likeness (QED) is 0.715. The Morgan fingerprint density at radius 2 is 1.92 bits per heavy atom. The minimum absolute atomic E-state index is 0.174. The van der Waals surface area contributed by atoms with Gasteiger partial charge in [0.25, 0.3) is 0 Å². The lowest BCUT2D eigenvalue weighted by Gasteiger charge is -2.28. The van der Waals surface area contributed by atoms with E-state index in [0.29, 0.717) is 25.0 Å². The summed E-state index contributed by atoms with van der Waals surface area (Å²) in [6.45, 7) is 2.95. The van der Waals surface area contributed by atoms with Crippen molar-refractivity contribution in [3.63, 3.8) is 0 Å². The van der Waals surface area contributed by atoms with E-state index in [1.807, 2.05) is 31.2 Å². The second-order valence-electron chi connectivity index (χ2n) is 6.50. The van der Waals surface area contributed by atoms with Gasteiger partial charge in [0.2, 0.25) is 0 Å². The van der Waals surface area contributed by atoms with Gasteiger partial charge in [-0.05, 0) is 62.1 Å². The van der Waals surface area contributed by atoms with Gasteiger partial charge in [0, 0.05) is 12.2 Å². The minimum Gasteiger partial charge on any atom is -0.480 e. The second kappa shape index (κ2) is 9.27. The molecule has 2 amide bonds. The Labute approximate surface area is 142 Å². The average molecular weight is 334 g/mol. The molecule has 2 rings (SSSR count). The van der Waals surface area contributed by atoms with Crippen LogP contribution in [0.2, 0.25) is 0 Å². The summed E-state index contributed by atoms with van der Waals surface area (Å²) in [6.07, 6.45) is 4.11. The van der Waals surface area contributed by atoms with Crippen LogP contribution in [0.4, 0.5) is 10.5 Å². The van der Waals surface area contributed by atoms with Crippen molar-refractivity contribution in [3.8, 4) is 0 Å². The molecule has 0 aromatic heterocycles. The van der Waals surface area contributed by atoms with E-state index in [1.54, 1.807) is 0 Å². The maximum atomic E-state index is 11.9. The number of carbonyl (C=O) groups is 2. The molecule has 6 heteroatoms. The van der Waals surface area contributed by atoms with Gasteiger partial charge in [0.05, 0.1) is 6.61 Å². The third-order valence-corrected chi connectivity index (χ3v) is 4.37. The lowest BCUT2D eigenvalue weighted by atomic mass is 9.82. The molecule has 3 N–H and O–H groups in total. The van der Waals surface area contributed by atoms with Crippen LogP contribution in [0, 0.1) is 18.8 Å². The van der Waals surface area contributed by atoms with Crippen molar-refractivity contribution in [2.45, 2.75) is 32.6 Å². The first-order valence-corrected chi connectivity index (χ1v) is 8.44. The predicted octanol–water partition coefficient (Wildman–Crippen LogP) is 3.02. The Bertz CT molecular complexity index is 554. The molecule has 1 saturated carbocycles. The molecule has 0 saturated heterocycles. The molecule has 0 radical (unpaired) electrons. The van der Waals surface area contributed by atoms with Crippen molar-refractivity contribution in [1.29, 1.82) is 0 Å². The molecule has 24 heavy (non-hydrogen) atoms. The lowest BCUT2D eigenvalue weighted by molar-refractivity contribution is -0.142. The van der Waals surface area contributed by atoms with E-state index in [-0.39, 0.29) is 12.6 Å². The largest absolute Gasteiger partial charge is 0.480 e. The number of hydrogen-bond donors (Lipinski definition) is 3. The van der Waals surface area contributed by atoms with E-state index in [0.717, 1.165) is 36.9 Å². The molecule has 1 aliphatic rings. The summed E-state index contributed by atoms with van der Waals surface area (Å²) in [5.41, 5.74) is 1.91. The average Bonchev–Trinajstić information content (AvgIpc) is 2.54. The van der Waals surface area contributed by atoms with Crippen molar-refractivity contribution in [3.05, 3.63) is 29.8 Å². The van der Waals surface area contributed by atoms with Crippen molar-refractivity contribution in [2.75, 3.05) is 25.1 Å². The molecular formula is C18H26N2O4. The number of amides is 2. The molecule has 1 aliphatic carbocycles. The van der Waals surface area contributed by atoms with Crippen LogP contribution in [0.5, 0.6) is 0 Å². The highest BCUT2D eigenvalue weighted by molar-refractivity contribution is 5.89. The molecule has 0 heterocycles. The Hall–Kier alpha value is -2.08. The molecule has 132 valence electrons. The molecule has 6 nitrogen and oxygen atoms in total. The normalized spacial score (nSPS) is 20.4. The zero-order valence-corrected chi connectivity index (χ0v) is 14.1. The first-order chi connectivity index (χ1) is 11.5. The van der Waals surface area contributed by atoms with Gasteiger partial charge in [0.15, 0.2) is 0 Å². The third-order valence-electron chi connectivity index (χ3n) is 4.37. The number of aliphatic carboxylic acids is 1. The number of rotatable bonds is 7. The van der Waals surface area contributed by atoms with Crippen LogP contribution < -0.4 is 10.6 Å². The Balaban J connectivity index is 1.61. The summed E-state index contributed by atoms with van der Waals surface area (Å²) in [5, 5.41) is 14.3. The fourth-order valence-corrected chi connectivity index (χ4v) is 3.05. The standard InChI is InChI=1S/C18H26N2O4/c1-13-3-2-4-16(9-13)20-18(23)19-10-14-5-7-15(8-6-14)11-24-12-17(21)22/h2-4,9,14-15H,5-8,10-12H2,1H3,(H,21,22)(H2,19,20,23). The van der Waals surface area contributed by atoms with E-state index < -0.39 is 5.97 Å². The number of hydrogen-bond acceptors (Lipinski definition) is 3. The Morgan fingerprint density at radius 1 is 1.21 bits per heavy atom. The van der Waals surface area contributed by atoms with Gasteiger partial charge >= 0.3 is 12.0 Å². The van der Waals surface area contributed by atoms with Crippen LogP contribution in [0.3, 0.4) is 0 Å². The first kappa shape index (κ1) is 18.3. The van der Waals surface area contributed by atoms with Crippen molar-refractivity contribution >= 4 is 17.7 Å². The van der Waals surface area contributed by atoms with E-state index in [2.05, 4.69) is 10.6 Å². The first-order valence-electron chi connectivity index (χ1n) is 8.44. The van der Waals surface area contributed by atoms with Gasteiger partial charge < -0.3 is 20.5 Å². The van der Waals surface area contributed by atoms with Crippen molar-refractivity contribution in [2.24, 2.45) is 11.8 Å². The number of carbonyl (C=O) groups excluding carboxylic acids is 1. The Kier molecular flexibility index (Phi) is 7.06. The molecule has 1 fully saturated rings. The van der Waals surface area contributed by atoms with Crippen LogP contribution in [0.25, 0.3) is 0 Å². The number of benzene rings is 1. The topological polar surface area (TPSA) is 87.7 Å². The summed E-state index contributed by atoms with van der Waals surface area (Å²) in [4.78, 5) is 22.4. The molecule has 0 unspecified atom stereocenters. The van der Waals surface area contributed by atoms with E-state index in [9.17, 15) is 9.59 Å². The fraction of sp³-hybridized carbons (Fsp3) is 0.556. The van der Waals surface area contributed by atoms with Crippen LogP contribution in [-0.4, -0.2) is 36.9 Å². The monoisotopic (exact) mass is 334 g/mol. The van der Waals surface area contributed by atoms with Gasteiger partial charge in [0.1, 0.15) is 6.61 Å². The van der Waals surface area contributed by atoms with Crippen LogP contribution in [0.1, 0.15) is 31.2 Å². The fourth-order valence-electron chi connectivity index (χ4n) is 3.05. The second-order valence-corrected chi connectivity index (χ2v) is 6.50. The number of ether oxygens (including phenoxy) is 1. The zero-order chi connectivity index (χ0) is 17.4. The highest BCUT2D eigenvalue weighted by Crippen LogP contribution is 2.28. The maximum Gasteiger partial charge on any atom is 0.329 e. The molecular weight excluding hydrogens is 308 g/mol. The summed E-state index contributed by atoms with van der Waals surface area (Å²) in [7, 11) is 0. The van der Waals surface area contributed by atoms with Gasteiger partial charge in [-0.2, -0.15) is 0 Å². The van der Waals surface area contributed by atoms with Gasteiger partial charge in [-0.1, -0.05) is 12.1 Å². The highest BCUT2D eigenvalue weighted by atomic mass is 16.5. The van der Waals surface area contributed by atoms with Crippen LogP contribution >= 0.6 is 0 Å². The smallest absolute Gasteiger partial charge is 0.329 e. The van der Waals surface area contributed by atoms with Crippen molar-refractivity contribution < 1.29 is 19.4 Å². The zero-order valence-electron chi connectivity index (χ0n) is 14.1. The number of urea groups is 1.